The number of aryl methyl sites for hydroxylation is 2. The van der Waals surface area contributed by atoms with Crippen molar-refractivity contribution in [2.24, 2.45) is 11.8 Å². The molecule has 3 aliphatic carbocycles. The highest BCUT2D eigenvalue weighted by atomic mass is 16.6. The average molecular weight is 424 g/mol. The van der Waals surface area contributed by atoms with E-state index in [-0.39, 0.29) is 35.0 Å². The van der Waals surface area contributed by atoms with Gasteiger partial charge in [-0.2, -0.15) is 0 Å². The molecule has 0 unspecified atom stereocenters. The van der Waals surface area contributed by atoms with Crippen LogP contribution in [0.5, 0.6) is 0 Å². The number of carbonyl (C=O) groups is 2. The number of nitro benzene ring substituents is 1. The van der Waals surface area contributed by atoms with Gasteiger partial charge in [0, 0.05) is 17.9 Å². The maximum absolute atomic E-state index is 13.8. The Labute approximate surface area is 184 Å². The van der Waals surface area contributed by atoms with E-state index in [0.717, 1.165) is 38.3 Å². The predicted octanol–water partition coefficient (Wildman–Crippen LogP) is 4.61. The number of amides is 2. The van der Waals surface area contributed by atoms with Crippen molar-refractivity contribution in [3.05, 3.63) is 104 Å². The minimum atomic E-state index is -0.557. The van der Waals surface area contributed by atoms with E-state index in [1.807, 2.05) is 55.5 Å². The third kappa shape index (κ3) is 2.24. The highest BCUT2D eigenvalue weighted by Gasteiger charge is 2.62. The summed E-state index contributed by atoms with van der Waals surface area (Å²) in [6, 6.07) is 19.1. The lowest BCUT2D eigenvalue weighted by Gasteiger charge is -2.45. The molecule has 1 fully saturated rings. The average Bonchev–Trinajstić information content (AvgIpc) is 3.06. The summed E-state index contributed by atoms with van der Waals surface area (Å²) in [5.74, 6) is -2.26. The number of hydrogen-bond donors (Lipinski definition) is 0. The van der Waals surface area contributed by atoms with Crippen LogP contribution in [-0.4, -0.2) is 16.7 Å². The third-order valence-corrected chi connectivity index (χ3v) is 7.48. The van der Waals surface area contributed by atoms with Crippen molar-refractivity contribution in [3.8, 4) is 0 Å². The lowest BCUT2D eigenvalue weighted by atomic mass is 9.55. The smallest absolute Gasteiger partial charge is 0.274 e. The topological polar surface area (TPSA) is 80.5 Å². The van der Waals surface area contributed by atoms with Crippen LogP contribution in [0.4, 0.5) is 11.4 Å². The molecule has 2 atom stereocenters. The summed E-state index contributed by atoms with van der Waals surface area (Å²) in [5.41, 5.74) is 5.73. The van der Waals surface area contributed by atoms with Crippen molar-refractivity contribution in [2.75, 3.05) is 4.90 Å². The second-order valence-electron chi connectivity index (χ2n) is 8.96. The predicted molar refractivity (Wildman–Crippen MR) is 119 cm³/mol. The molecule has 7 rings (SSSR count). The molecule has 32 heavy (non-hydrogen) atoms. The SMILES string of the molecule is Cc1cc(N2C(=O)[C@H]3C4c5ccccc5C(c5ccccc54)[C@@H]3C2=O)c([N+](=O)[O-])cc1C. The molecule has 2 bridgehead atoms. The largest absolute Gasteiger partial charge is 0.293 e. The number of imide groups is 1. The Kier molecular flexibility index (Phi) is 3.76. The van der Waals surface area contributed by atoms with Crippen molar-refractivity contribution in [1.82, 2.24) is 0 Å². The summed E-state index contributed by atoms with van der Waals surface area (Å²) >= 11 is 0. The van der Waals surface area contributed by atoms with Crippen LogP contribution in [0, 0.1) is 35.8 Å². The Morgan fingerprint density at radius 1 is 0.750 bits per heavy atom. The second kappa shape index (κ2) is 6.36. The lowest BCUT2D eigenvalue weighted by molar-refractivity contribution is -0.384. The number of hydrogen-bond acceptors (Lipinski definition) is 4. The van der Waals surface area contributed by atoms with Gasteiger partial charge in [0.05, 0.1) is 16.8 Å². The van der Waals surface area contributed by atoms with E-state index in [2.05, 4.69) is 0 Å². The fraction of sp³-hybridized carbons (Fsp3) is 0.231. The van der Waals surface area contributed by atoms with E-state index in [1.54, 1.807) is 13.0 Å². The number of carbonyl (C=O) groups excluding carboxylic acids is 2. The molecule has 2 amide bonds. The summed E-state index contributed by atoms with van der Waals surface area (Å²) in [7, 11) is 0. The molecule has 3 aromatic carbocycles. The zero-order chi connectivity index (χ0) is 22.3. The molecule has 0 saturated carbocycles. The van der Waals surface area contributed by atoms with Crippen molar-refractivity contribution < 1.29 is 14.5 Å². The molecule has 0 spiro atoms. The molecule has 0 radical (unpaired) electrons. The van der Waals surface area contributed by atoms with Crippen LogP contribution >= 0.6 is 0 Å². The molecule has 1 heterocycles. The van der Waals surface area contributed by atoms with Gasteiger partial charge >= 0.3 is 0 Å². The fourth-order valence-corrected chi connectivity index (χ4v) is 6.03. The van der Waals surface area contributed by atoms with Gasteiger partial charge < -0.3 is 0 Å². The number of nitro groups is 1. The van der Waals surface area contributed by atoms with Crippen LogP contribution in [-0.2, 0) is 9.59 Å². The normalized spacial score (nSPS) is 24.9. The van der Waals surface area contributed by atoms with Gasteiger partial charge in [-0.05, 0) is 53.3 Å². The summed E-state index contributed by atoms with van der Waals surface area (Å²) in [6.07, 6.45) is 0. The Balaban J connectivity index is 1.57. The van der Waals surface area contributed by atoms with Gasteiger partial charge in [-0.25, -0.2) is 4.90 Å². The molecule has 158 valence electrons. The van der Waals surface area contributed by atoms with Gasteiger partial charge in [0.2, 0.25) is 11.8 Å². The molecule has 0 aromatic heterocycles. The molecule has 0 N–H and O–H groups in total. The molecular formula is C26H20N2O4. The number of anilines is 1. The Bertz CT molecular complexity index is 1250. The van der Waals surface area contributed by atoms with Crippen LogP contribution in [0.2, 0.25) is 0 Å². The molecule has 3 aromatic rings. The second-order valence-corrected chi connectivity index (χ2v) is 8.96. The van der Waals surface area contributed by atoms with Crippen LogP contribution < -0.4 is 4.90 Å². The number of benzene rings is 3. The molecular weight excluding hydrogens is 404 g/mol. The first-order valence-electron chi connectivity index (χ1n) is 10.7. The van der Waals surface area contributed by atoms with E-state index in [1.165, 1.54) is 6.07 Å². The van der Waals surface area contributed by atoms with E-state index >= 15 is 0 Å². The fourth-order valence-electron chi connectivity index (χ4n) is 6.03. The quantitative estimate of drug-likeness (QED) is 0.342. The maximum Gasteiger partial charge on any atom is 0.293 e. The lowest BCUT2D eigenvalue weighted by Crippen LogP contribution is -2.41. The Morgan fingerprint density at radius 3 is 1.56 bits per heavy atom. The first kappa shape index (κ1) is 18.9. The summed E-state index contributed by atoms with van der Waals surface area (Å²) in [5, 5.41) is 11.8. The molecule has 6 nitrogen and oxygen atoms in total. The molecule has 1 aliphatic heterocycles. The van der Waals surface area contributed by atoms with E-state index in [4.69, 9.17) is 0 Å². The van der Waals surface area contributed by atoms with Gasteiger partial charge in [-0.3, -0.25) is 19.7 Å². The number of rotatable bonds is 2. The molecule has 6 heteroatoms. The standard InChI is InChI=1S/C26H20N2O4/c1-13-11-19(20(28(31)32)12-14(13)2)27-25(29)23-21-15-7-3-4-8-16(15)22(24(23)26(27)30)18-10-6-5-9-17(18)21/h3-12,21-24H,1-2H3/t21?,22?,23-,24-/m0/s1. The van der Waals surface area contributed by atoms with Crippen molar-refractivity contribution >= 4 is 23.2 Å². The highest BCUT2D eigenvalue weighted by molar-refractivity contribution is 6.24. The van der Waals surface area contributed by atoms with Crippen molar-refractivity contribution in [1.29, 1.82) is 0 Å². The van der Waals surface area contributed by atoms with Crippen molar-refractivity contribution in [2.45, 2.75) is 25.7 Å². The van der Waals surface area contributed by atoms with Crippen molar-refractivity contribution in [3.63, 3.8) is 0 Å². The monoisotopic (exact) mass is 424 g/mol. The Hall–Kier alpha value is -3.80. The van der Waals surface area contributed by atoms with Gasteiger partial charge in [-0.15, -0.1) is 0 Å². The number of nitrogens with zero attached hydrogens (tertiary/aromatic N) is 2. The van der Waals surface area contributed by atoms with E-state index < -0.39 is 16.8 Å². The van der Waals surface area contributed by atoms with Gasteiger partial charge in [0.15, 0.2) is 0 Å². The Morgan fingerprint density at radius 2 is 1.16 bits per heavy atom. The maximum atomic E-state index is 13.8. The zero-order valence-electron chi connectivity index (χ0n) is 17.6. The zero-order valence-corrected chi connectivity index (χ0v) is 17.6. The van der Waals surface area contributed by atoms with Gasteiger partial charge in [0.25, 0.3) is 5.69 Å². The van der Waals surface area contributed by atoms with Crippen LogP contribution in [0.15, 0.2) is 60.7 Å². The molecule has 1 saturated heterocycles. The summed E-state index contributed by atoms with van der Waals surface area (Å²) in [4.78, 5) is 40.0. The van der Waals surface area contributed by atoms with Gasteiger partial charge in [0.1, 0.15) is 5.69 Å². The molecule has 4 aliphatic rings. The van der Waals surface area contributed by atoms with E-state index in [9.17, 15) is 19.7 Å². The third-order valence-electron chi connectivity index (χ3n) is 7.48. The minimum absolute atomic E-state index is 0.0787. The van der Waals surface area contributed by atoms with E-state index in [0.29, 0.717) is 0 Å². The summed E-state index contributed by atoms with van der Waals surface area (Å²) in [6.45, 7) is 3.61. The van der Waals surface area contributed by atoms with Crippen LogP contribution in [0.25, 0.3) is 0 Å². The summed E-state index contributed by atoms with van der Waals surface area (Å²) < 4.78 is 0. The highest BCUT2D eigenvalue weighted by Crippen LogP contribution is 2.61. The first-order chi connectivity index (χ1) is 15.4. The minimum Gasteiger partial charge on any atom is -0.274 e. The van der Waals surface area contributed by atoms with Crippen LogP contribution in [0.3, 0.4) is 0 Å². The van der Waals surface area contributed by atoms with Crippen LogP contribution in [0.1, 0.15) is 45.2 Å². The van der Waals surface area contributed by atoms with Gasteiger partial charge in [-0.1, -0.05) is 48.5 Å². The first-order valence-corrected chi connectivity index (χ1v) is 10.7.